The second-order valence-electron chi connectivity index (χ2n) is 15.6. The van der Waals surface area contributed by atoms with Crippen LogP contribution >= 0.6 is 11.6 Å². The van der Waals surface area contributed by atoms with Gasteiger partial charge in [-0.1, -0.05) is 17.7 Å². The van der Waals surface area contributed by atoms with E-state index in [4.69, 9.17) is 68.8 Å². The Hall–Kier alpha value is -4.13. The zero-order valence-electron chi connectivity index (χ0n) is 38.3. The fourth-order valence-electron chi connectivity index (χ4n) is 7.36. The Bertz CT molecular complexity index is 1870. The van der Waals surface area contributed by atoms with Crippen LogP contribution in [-0.2, 0) is 49.2 Å². The molecular formula is C44H67ClN10O11. The van der Waals surface area contributed by atoms with Crippen LogP contribution in [0, 0.1) is 0 Å². The highest BCUT2D eigenvalue weighted by Crippen LogP contribution is 2.35. The summed E-state index contributed by atoms with van der Waals surface area (Å²) in [7, 11) is 1.65. The second-order valence-corrected chi connectivity index (χ2v) is 16.0. The summed E-state index contributed by atoms with van der Waals surface area (Å²) in [4.78, 5) is 11.8. The lowest BCUT2D eigenvalue weighted by molar-refractivity contribution is -0.0227. The van der Waals surface area contributed by atoms with E-state index in [-0.39, 0.29) is 12.1 Å². The number of tetrazole rings is 1. The molecule has 1 aromatic carbocycles. The van der Waals surface area contributed by atoms with Gasteiger partial charge in [-0.2, -0.15) is 0 Å². The molecule has 3 aromatic heterocycles. The number of ether oxygens (including phenoxy) is 11. The maximum atomic E-state index is 6.50. The minimum atomic E-state index is -0.228. The maximum Gasteiger partial charge on any atom is 0.257 e. The topological polar surface area (TPSA) is 204 Å². The van der Waals surface area contributed by atoms with Crippen molar-refractivity contribution in [3.05, 3.63) is 48.1 Å². The first-order valence-electron chi connectivity index (χ1n) is 22.9. The van der Waals surface area contributed by atoms with Crippen LogP contribution in [0.3, 0.4) is 0 Å². The Labute approximate surface area is 391 Å². The summed E-state index contributed by atoms with van der Waals surface area (Å²) in [6.07, 6.45) is 11.1. The molecule has 0 bridgehead atoms. The van der Waals surface area contributed by atoms with Gasteiger partial charge in [-0.15, -0.1) is 10.2 Å². The van der Waals surface area contributed by atoms with E-state index in [0.29, 0.717) is 147 Å². The number of rotatable bonds is 34. The molecule has 6 rings (SSSR count). The van der Waals surface area contributed by atoms with Gasteiger partial charge in [-0.25, -0.2) is 14.6 Å². The summed E-state index contributed by atoms with van der Waals surface area (Å²) in [6, 6.07) is 6.41. The summed E-state index contributed by atoms with van der Waals surface area (Å²) < 4.78 is 65.3. The molecule has 0 spiro atoms. The van der Waals surface area contributed by atoms with Gasteiger partial charge in [-0.3, -0.25) is 9.58 Å². The van der Waals surface area contributed by atoms with E-state index in [1.165, 1.54) is 0 Å². The van der Waals surface area contributed by atoms with E-state index in [9.17, 15) is 0 Å². The number of nitrogens with one attached hydrogen (secondary N) is 1. The molecule has 0 radical (unpaired) electrons. The van der Waals surface area contributed by atoms with Gasteiger partial charge in [0.2, 0.25) is 5.95 Å². The zero-order chi connectivity index (χ0) is 45.9. The van der Waals surface area contributed by atoms with Crippen molar-refractivity contribution in [2.75, 3.05) is 144 Å². The van der Waals surface area contributed by atoms with Gasteiger partial charge >= 0.3 is 0 Å². The van der Waals surface area contributed by atoms with E-state index in [1.807, 2.05) is 29.9 Å². The van der Waals surface area contributed by atoms with Gasteiger partial charge in [0, 0.05) is 44.2 Å². The molecule has 0 amide bonds. The van der Waals surface area contributed by atoms with Gasteiger partial charge in [0.1, 0.15) is 30.5 Å². The van der Waals surface area contributed by atoms with Gasteiger partial charge in [-0.05, 0) is 60.7 Å². The number of anilines is 2. The van der Waals surface area contributed by atoms with Gasteiger partial charge in [0.05, 0.1) is 136 Å². The van der Waals surface area contributed by atoms with Crippen molar-refractivity contribution in [1.29, 1.82) is 0 Å². The number of benzene rings is 1. The smallest absolute Gasteiger partial charge is 0.257 e. The Morgan fingerprint density at radius 1 is 0.727 bits per heavy atom. The van der Waals surface area contributed by atoms with Crippen molar-refractivity contribution in [2.24, 2.45) is 0 Å². The minimum absolute atomic E-state index is 0.228. The third-order valence-corrected chi connectivity index (χ3v) is 11.1. The summed E-state index contributed by atoms with van der Waals surface area (Å²) in [6.45, 7) is 13.7. The molecule has 4 heterocycles. The normalized spacial score (nSPS) is 17.3. The standard InChI is InChI=1S/C44H67ClN10O11/c1-35(32-54-34-48-51-52-54)66-42-29-36(3-8-40(42)45)37-30-46-44(47-31-37)49-41-33-55(39-6-4-38(5-7-39)53-9-11-57-12-10-53)50-43(41)65-28-27-64-26-25-63-24-23-62-22-21-61-20-19-60-18-17-59-16-15-58-14-13-56-2/h3,8,29-31,33-35,38-39H,4-7,9-28,32H2,1-2H3,(H,46,47,49)/t35-,38-,39-/m0/s1. The van der Waals surface area contributed by atoms with Gasteiger partial charge < -0.3 is 57.4 Å². The molecule has 1 atom stereocenters. The SMILES string of the molecule is COCCOCCOCCOCCOCCOCCOCCOCCOc1nn([C@H]2CC[C@H](N3CCOCC3)CC2)cc1Nc1ncc(-c2ccc(Cl)c(O[C@@H](C)Cn3cnnn3)c2)cn1. The van der Waals surface area contributed by atoms with Crippen LogP contribution in [0.25, 0.3) is 11.1 Å². The average molecular weight is 948 g/mol. The molecule has 366 valence electrons. The van der Waals surface area contributed by atoms with Gasteiger partial charge in [0.15, 0.2) is 0 Å². The number of halogens is 1. The highest BCUT2D eigenvalue weighted by Gasteiger charge is 2.29. The first-order valence-corrected chi connectivity index (χ1v) is 23.3. The third-order valence-electron chi connectivity index (χ3n) is 10.8. The predicted octanol–water partition coefficient (Wildman–Crippen LogP) is 4.15. The zero-order valence-corrected chi connectivity index (χ0v) is 39.1. The molecule has 21 nitrogen and oxygen atoms in total. The highest BCUT2D eigenvalue weighted by molar-refractivity contribution is 6.32. The number of hydrogen-bond donors (Lipinski definition) is 1. The fourth-order valence-corrected chi connectivity index (χ4v) is 7.52. The third kappa shape index (κ3) is 18.5. The van der Waals surface area contributed by atoms with E-state index in [1.54, 1.807) is 36.6 Å². The first-order chi connectivity index (χ1) is 32.6. The Morgan fingerprint density at radius 2 is 1.29 bits per heavy atom. The van der Waals surface area contributed by atoms with Crippen LogP contribution in [-0.4, -0.2) is 196 Å². The monoisotopic (exact) mass is 946 g/mol. The summed E-state index contributed by atoms with van der Waals surface area (Å²) in [5, 5.41) is 20.0. The van der Waals surface area contributed by atoms with Crippen molar-refractivity contribution >= 4 is 23.2 Å². The van der Waals surface area contributed by atoms with E-state index in [0.717, 1.165) is 63.1 Å². The van der Waals surface area contributed by atoms with E-state index >= 15 is 0 Å². The van der Waals surface area contributed by atoms with Crippen LogP contribution in [0.4, 0.5) is 11.6 Å². The molecule has 4 aromatic rings. The molecule has 2 aliphatic rings. The number of methoxy groups -OCH3 is 1. The lowest BCUT2D eigenvalue weighted by atomic mass is 9.90. The van der Waals surface area contributed by atoms with Crippen molar-refractivity contribution in [2.45, 2.75) is 57.3 Å². The lowest BCUT2D eigenvalue weighted by Crippen LogP contribution is -2.45. The largest absolute Gasteiger partial charge is 0.487 e. The minimum Gasteiger partial charge on any atom is -0.487 e. The maximum absolute atomic E-state index is 6.50. The molecule has 1 saturated carbocycles. The Balaban J connectivity index is 0.884. The number of nitrogens with zero attached hydrogens (tertiary/aromatic N) is 9. The summed E-state index contributed by atoms with van der Waals surface area (Å²) in [5.74, 6) is 1.41. The van der Waals surface area contributed by atoms with Crippen molar-refractivity contribution in [3.63, 3.8) is 0 Å². The summed E-state index contributed by atoms with van der Waals surface area (Å²) in [5.41, 5.74) is 2.33. The number of morpholine rings is 1. The van der Waals surface area contributed by atoms with Crippen LogP contribution < -0.4 is 14.8 Å². The molecule has 1 aliphatic heterocycles. The van der Waals surface area contributed by atoms with Crippen LogP contribution in [0.2, 0.25) is 5.02 Å². The molecule has 22 heteroatoms. The average Bonchev–Trinajstić information content (AvgIpc) is 4.01. The van der Waals surface area contributed by atoms with Crippen LogP contribution in [0.15, 0.2) is 43.1 Å². The number of hydrogen-bond acceptors (Lipinski definition) is 19. The van der Waals surface area contributed by atoms with Gasteiger partial charge in [0.25, 0.3) is 5.88 Å². The lowest BCUT2D eigenvalue weighted by Gasteiger charge is -2.38. The second kappa shape index (κ2) is 30.3. The quantitative estimate of drug-likeness (QED) is 0.0654. The van der Waals surface area contributed by atoms with E-state index < -0.39 is 0 Å². The Morgan fingerprint density at radius 3 is 1.85 bits per heavy atom. The van der Waals surface area contributed by atoms with E-state index in [2.05, 4.69) is 35.7 Å². The van der Waals surface area contributed by atoms with Crippen molar-refractivity contribution < 1.29 is 52.1 Å². The molecule has 1 aliphatic carbocycles. The molecule has 2 fully saturated rings. The van der Waals surface area contributed by atoms with Crippen LogP contribution in [0.1, 0.15) is 38.6 Å². The Kier molecular flexibility index (Phi) is 23.5. The molecule has 1 saturated heterocycles. The fraction of sp³-hybridized carbons (Fsp3) is 0.682. The first kappa shape index (κ1) is 51.3. The van der Waals surface area contributed by atoms with Crippen molar-refractivity contribution in [3.8, 4) is 22.8 Å². The summed E-state index contributed by atoms with van der Waals surface area (Å²) >= 11 is 6.50. The molecule has 66 heavy (non-hydrogen) atoms. The highest BCUT2D eigenvalue weighted by atomic mass is 35.5. The predicted molar refractivity (Wildman–Crippen MR) is 243 cm³/mol. The molecule has 1 N–H and O–H groups in total. The molecular weight excluding hydrogens is 880 g/mol. The number of aromatic nitrogens is 8. The van der Waals surface area contributed by atoms with Crippen molar-refractivity contribution in [1.82, 2.24) is 44.9 Å². The van der Waals surface area contributed by atoms with Crippen LogP contribution in [0.5, 0.6) is 11.6 Å². The molecule has 0 unspecified atom stereocenters.